The fraction of sp³-hybridized carbons (Fsp3) is 0.500. The molecule has 1 aliphatic rings. The van der Waals surface area contributed by atoms with Gasteiger partial charge in [0.1, 0.15) is 0 Å². The first-order valence-electron chi connectivity index (χ1n) is 5.71. The van der Waals surface area contributed by atoms with Gasteiger partial charge in [-0.2, -0.15) is 0 Å². The van der Waals surface area contributed by atoms with Crippen molar-refractivity contribution >= 4 is 5.91 Å². The maximum Gasteiger partial charge on any atom is 0.255 e. The van der Waals surface area contributed by atoms with E-state index in [-0.39, 0.29) is 11.5 Å². The first-order chi connectivity index (χ1) is 8.22. The van der Waals surface area contributed by atoms with Crippen LogP contribution in [0.15, 0.2) is 23.1 Å². The third-order valence-electron chi connectivity index (χ3n) is 2.82. The summed E-state index contributed by atoms with van der Waals surface area (Å²) in [7, 11) is 1.62. The van der Waals surface area contributed by atoms with Crippen molar-refractivity contribution in [2.24, 2.45) is 0 Å². The van der Waals surface area contributed by atoms with Gasteiger partial charge < -0.3 is 14.6 Å². The fourth-order valence-electron chi connectivity index (χ4n) is 1.74. The number of aromatic nitrogens is 1. The SMILES string of the molecule is COCCN(C(=O)c1ccc(=O)[nH]c1)C1CC1. The number of rotatable bonds is 5. The standard InChI is InChI=1S/C12H16N2O3/c1-17-7-6-14(10-3-4-10)12(16)9-2-5-11(15)13-8-9/h2,5,8,10H,3-4,6-7H2,1H3,(H,13,15). The number of pyridine rings is 1. The number of carbonyl (C=O) groups is 1. The first-order valence-corrected chi connectivity index (χ1v) is 5.71. The summed E-state index contributed by atoms with van der Waals surface area (Å²) in [6, 6.07) is 3.27. The van der Waals surface area contributed by atoms with Crippen LogP contribution in [-0.4, -0.2) is 42.1 Å². The highest BCUT2D eigenvalue weighted by Crippen LogP contribution is 2.27. The van der Waals surface area contributed by atoms with Gasteiger partial charge in [0.15, 0.2) is 0 Å². The zero-order valence-corrected chi connectivity index (χ0v) is 9.81. The Labute approximate surface area is 99.4 Å². The molecule has 1 aromatic heterocycles. The third-order valence-corrected chi connectivity index (χ3v) is 2.82. The molecule has 1 N–H and O–H groups in total. The number of nitrogens with zero attached hydrogens (tertiary/aromatic N) is 1. The maximum atomic E-state index is 12.2. The van der Waals surface area contributed by atoms with Crippen molar-refractivity contribution in [3.8, 4) is 0 Å². The van der Waals surface area contributed by atoms with Crippen LogP contribution >= 0.6 is 0 Å². The average molecular weight is 236 g/mol. The van der Waals surface area contributed by atoms with Gasteiger partial charge in [-0.05, 0) is 18.9 Å². The van der Waals surface area contributed by atoms with E-state index in [0.29, 0.717) is 24.8 Å². The fourth-order valence-corrected chi connectivity index (χ4v) is 1.74. The molecular weight excluding hydrogens is 220 g/mol. The summed E-state index contributed by atoms with van der Waals surface area (Å²) < 4.78 is 5.00. The number of carbonyl (C=O) groups excluding carboxylic acids is 1. The van der Waals surface area contributed by atoms with Crippen molar-refractivity contribution in [3.63, 3.8) is 0 Å². The number of hydrogen-bond donors (Lipinski definition) is 1. The Hall–Kier alpha value is -1.62. The van der Waals surface area contributed by atoms with Gasteiger partial charge in [0.25, 0.3) is 5.91 Å². The van der Waals surface area contributed by atoms with Crippen LogP contribution in [0.4, 0.5) is 0 Å². The van der Waals surface area contributed by atoms with E-state index in [2.05, 4.69) is 4.98 Å². The van der Waals surface area contributed by atoms with E-state index in [9.17, 15) is 9.59 Å². The summed E-state index contributed by atoms with van der Waals surface area (Å²) in [4.78, 5) is 27.5. The lowest BCUT2D eigenvalue weighted by molar-refractivity contribution is 0.0680. The second kappa shape index (κ2) is 5.14. The minimum Gasteiger partial charge on any atom is -0.383 e. The Bertz CT molecular complexity index is 431. The number of nitrogens with one attached hydrogen (secondary N) is 1. The van der Waals surface area contributed by atoms with Crippen molar-refractivity contribution in [1.82, 2.24) is 9.88 Å². The molecular formula is C12H16N2O3. The molecule has 0 unspecified atom stereocenters. The zero-order valence-electron chi connectivity index (χ0n) is 9.81. The van der Waals surface area contributed by atoms with Crippen molar-refractivity contribution < 1.29 is 9.53 Å². The molecule has 1 aromatic rings. The second-order valence-electron chi connectivity index (χ2n) is 4.16. The Balaban J connectivity index is 2.09. The Morgan fingerprint density at radius 1 is 1.53 bits per heavy atom. The molecule has 1 amide bonds. The molecule has 0 spiro atoms. The summed E-state index contributed by atoms with van der Waals surface area (Å²) in [5, 5.41) is 0. The predicted octanol–water partition coefficient (Wildman–Crippen LogP) is 0.626. The van der Waals surface area contributed by atoms with Gasteiger partial charge in [-0.3, -0.25) is 9.59 Å². The van der Waals surface area contributed by atoms with Gasteiger partial charge in [0, 0.05) is 32.0 Å². The normalized spacial score (nSPS) is 14.6. The molecule has 0 aliphatic heterocycles. The lowest BCUT2D eigenvalue weighted by Crippen LogP contribution is -2.36. The predicted molar refractivity (Wildman–Crippen MR) is 63.0 cm³/mol. The lowest BCUT2D eigenvalue weighted by atomic mass is 10.2. The zero-order chi connectivity index (χ0) is 12.3. The molecule has 0 bridgehead atoms. The monoisotopic (exact) mass is 236 g/mol. The maximum absolute atomic E-state index is 12.2. The highest BCUT2D eigenvalue weighted by atomic mass is 16.5. The number of methoxy groups -OCH3 is 1. The van der Waals surface area contributed by atoms with Crippen molar-refractivity contribution in [1.29, 1.82) is 0 Å². The van der Waals surface area contributed by atoms with E-state index in [4.69, 9.17) is 4.74 Å². The first kappa shape index (κ1) is 11.9. The van der Waals surface area contributed by atoms with Gasteiger partial charge in [0.05, 0.1) is 12.2 Å². The van der Waals surface area contributed by atoms with Crippen LogP contribution in [-0.2, 0) is 4.74 Å². The number of ether oxygens (including phenoxy) is 1. The van der Waals surface area contributed by atoms with E-state index in [0.717, 1.165) is 12.8 Å². The smallest absolute Gasteiger partial charge is 0.255 e. The molecule has 0 radical (unpaired) electrons. The molecule has 1 aliphatic carbocycles. The number of hydrogen-bond acceptors (Lipinski definition) is 3. The molecule has 2 rings (SSSR count). The van der Waals surface area contributed by atoms with E-state index in [1.165, 1.54) is 12.3 Å². The molecule has 5 heteroatoms. The largest absolute Gasteiger partial charge is 0.383 e. The van der Waals surface area contributed by atoms with Gasteiger partial charge >= 0.3 is 0 Å². The van der Waals surface area contributed by atoms with E-state index < -0.39 is 0 Å². The minimum atomic E-state index is -0.198. The van der Waals surface area contributed by atoms with E-state index in [1.807, 2.05) is 4.90 Å². The third kappa shape index (κ3) is 2.94. The van der Waals surface area contributed by atoms with Gasteiger partial charge in [-0.25, -0.2) is 0 Å². The second-order valence-corrected chi connectivity index (χ2v) is 4.16. The number of aromatic amines is 1. The van der Waals surface area contributed by atoms with Gasteiger partial charge in [-0.1, -0.05) is 0 Å². The molecule has 0 atom stereocenters. The molecule has 1 fully saturated rings. The average Bonchev–Trinajstić information content (AvgIpc) is 3.14. The minimum absolute atomic E-state index is 0.0409. The molecule has 17 heavy (non-hydrogen) atoms. The highest BCUT2D eigenvalue weighted by Gasteiger charge is 2.32. The molecule has 5 nitrogen and oxygen atoms in total. The van der Waals surface area contributed by atoms with Crippen LogP contribution in [0.5, 0.6) is 0 Å². The van der Waals surface area contributed by atoms with Crippen LogP contribution in [0.3, 0.4) is 0 Å². The van der Waals surface area contributed by atoms with Crippen LogP contribution in [0.1, 0.15) is 23.2 Å². The summed E-state index contributed by atoms with van der Waals surface area (Å²) >= 11 is 0. The Morgan fingerprint density at radius 3 is 2.82 bits per heavy atom. The highest BCUT2D eigenvalue weighted by molar-refractivity contribution is 5.94. The van der Waals surface area contributed by atoms with Crippen LogP contribution in [0.25, 0.3) is 0 Å². The van der Waals surface area contributed by atoms with Crippen molar-refractivity contribution in [3.05, 3.63) is 34.2 Å². The topological polar surface area (TPSA) is 62.4 Å². The number of amides is 1. The summed E-state index contributed by atoms with van der Waals surface area (Å²) in [6.07, 6.45) is 3.57. The van der Waals surface area contributed by atoms with Crippen molar-refractivity contribution in [2.75, 3.05) is 20.3 Å². The Morgan fingerprint density at radius 2 is 2.29 bits per heavy atom. The number of H-pyrrole nitrogens is 1. The molecule has 1 saturated carbocycles. The lowest BCUT2D eigenvalue weighted by Gasteiger charge is -2.21. The van der Waals surface area contributed by atoms with Crippen LogP contribution < -0.4 is 5.56 Å². The van der Waals surface area contributed by atoms with E-state index >= 15 is 0 Å². The summed E-state index contributed by atoms with van der Waals surface area (Å²) in [6.45, 7) is 1.13. The van der Waals surface area contributed by atoms with Crippen LogP contribution in [0.2, 0.25) is 0 Å². The van der Waals surface area contributed by atoms with Gasteiger partial charge in [-0.15, -0.1) is 0 Å². The van der Waals surface area contributed by atoms with Crippen LogP contribution in [0, 0.1) is 0 Å². The molecule has 0 aromatic carbocycles. The summed E-state index contributed by atoms with van der Waals surface area (Å²) in [5.41, 5.74) is 0.323. The van der Waals surface area contributed by atoms with Gasteiger partial charge in [0.2, 0.25) is 5.56 Å². The molecule has 92 valence electrons. The van der Waals surface area contributed by atoms with Crippen molar-refractivity contribution in [2.45, 2.75) is 18.9 Å². The molecule has 0 saturated heterocycles. The quantitative estimate of drug-likeness (QED) is 0.815. The molecule has 1 heterocycles. The Kier molecular flexibility index (Phi) is 3.58. The van der Waals surface area contributed by atoms with E-state index in [1.54, 1.807) is 13.2 Å². The summed E-state index contributed by atoms with van der Waals surface area (Å²) in [5.74, 6) is -0.0409.